The highest BCUT2D eigenvalue weighted by Gasteiger charge is 2.39. The number of anilines is 1. The number of piperidine rings is 1. The van der Waals surface area contributed by atoms with Gasteiger partial charge in [0, 0.05) is 36.2 Å². The molecule has 0 N–H and O–H groups in total. The van der Waals surface area contributed by atoms with Gasteiger partial charge < -0.3 is 4.90 Å². The van der Waals surface area contributed by atoms with Gasteiger partial charge in [-0.05, 0) is 44.0 Å². The highest BCUT2D eigenvalue weighted by molar-refractivity contribution is 5.94. The molecule has 0 aromatic heterocycles. The van der Waals surface area contributed by atoms with Gasteiger partial charge in [-0.3, -0.25) is 9.59 Å². The molecule has 0 amide bonds. The van der Waals surface area contributed by atoms with E-state index >= 15 is 0 Å². The van der Waals surface area contributed by atoms with Gasteiger partial charge in [-0.2, -0.15) is 0 Å². The average molecular weight is 243 g/mol. The van der Waals surface area contributed by atoms with Crippen molar-refractivity contribution in [1.82, 2.24) is 0 Å². The molecule has 3 heteroatoms. The van der Waals surface area contributed by atoms with Crippen LogP contribution in [0.25, 0.3) is 0 Å². The van der Waals surface area contributed by atoms with E-state index < -0.39 is 0 Å². The molecular formula is C15H17NO2. The van der Waals surface area contributed by atoms with Gasteiger partial charge in [0.15, 0.2) is 5.78 Å². The summed E-state index contributed by atoms with van der Waals surface area (Å²) in [6, 6.07) is 8.54. The standard InChI is InChI=1S/C15H17NO2/c1-10(17)11-2-4-12(5-3-11)16-13-6-7-14(16)9-15(18)8-13/h2-5,13-14H,6-9H2,1H3. The van der Waals surface area contributed by atoms with Crippen LogP contribution in [0.3, 0.4) is 0 Å². The number of nitrogens with zero attached hydrogens (tertiary/aromatic N) is 1. The molecule has 2 heterocycles. The van der Waals surface area contributed by atoms with Crippen molar-refractivity contribution in [3.63, 3.8) is 0 Å². The first-order valence-electron chi connectivity index (χ1n) is 6.56. The third kappa shape index (κ3) is 1.84. The van der Waals surface area contributed by atoms with Crippen LogP contribution in [0.1, 0.15) is 43.0 Å². The van der Waals surface area contributed by atoms with Crippen LogP contribution in [0.15, 0.2) is 24.3 Å². The summed E-state index contributed by atoms with van der Waals surface area (Å²) in [7, 11) is 0. The predicted molar refractivity (Wildman–Crippen MR) is 70.0 cm³/mol. The molecule has 2 aliphatic heterocycles. The van der Waals surface area contributed by atoms with Crippen LogP contribution in [-0.2, 0) is 4.79 Å². The molecule has 2 atom stereocenters. The number of hydrogen-bond acceptors (Lipinski definition) is 3. The molecule has 2 saturated heterocycles. The van der Waals surface area contributed by atoms with Crippen molar-refractivity contribution in [3.05, 3.63) is 29.8 Å². The Morgan fingerprint density at radius 3 is 2.17 bits per heavy atom. The maximum atomic E-state index is 11.6. The van der Waals surface area contributed by atoms with Crippen LogP contribution in [0.5, 0.6) is 0 Å². The molecule has 18 heavy (non-hydrogen) atoms. The summed E-state index contributed by atoms with van der Waals surface area (Å²) in [5, 5.41) is 0. The minimum Gasteiger partial charge on any atom is -0.365 e. The fraction of sp³-hybridized carbons (Fsp3) is 0.467. The fourth-order valence-electron chi connectivity index (χ4n) is 3.26. The Balaban J connectivity index is 1.87. The lowest BCUT2D eigenvalue weighted by atomic mass is 10.00. The van der Waals surface area contributed by atoms with Gasteiger partial charge in [-0.15, -0.1) is 0 Å². The first-order chi connectivity index (χ1) is 8.65. The van der Waals surface area contributed by atoms with Crippen molar-refractivity contribution in [3.8, 4) is 0 Å². The normalized spacial score (nSPS) is 26.5. The molecule has 1 aromatic rings. The van der Waals surface area contributed by atoms with Gasteiger partial charge in [-0.25, -0.2) is 0 Å². The number of fused-ring (bicyclic) bond motifs is 2. The fourth-order valence-corrected chi connectivity index (χ4v) is 3.26. The Bertz CT molecular complexity index is 476. The number of carbonyl (C=O) groups is 2. The van der Waals surface area contributed by atoms with E-state index in [0.29, 0.717) is 30.7 Å². The number of ketones is 2. The SMILES string of the molecule is CC(=O)c1ccc(N2C3CCC2CC(=O)C3)cc1. The lowest BCUT2D eigenvalue weighted by Crippen LogP contribution is -2.43. The van der Waals surface area contributed by atoms with Crippen molar-refractivity contribution < 1.29 is 9.59 Å². The summed E-state index contributed by atoms with van der Waals surface area (Å²) in [5.41, 5.74) is 1.90. The molecule has 0 saturated carbocycles. The zero-order valence-corrected chi connectivity index (χ0v) is 10.6. The minimum atomic E-state index is 0.0957. The lowest BCUT2D eigenvalue weighted by Gasteiger charge is -2.36. The second-order valence-corrected chi connectivity index (χ2v) is 5.34. The second kappa shape index (κ2) is 4.23. The van der Waals surface area contributed by atoms with Gasteiger partial charge >= 0.3 is 0 Å². The Labute approximate surface area is 107 Å². The molecule has 2 aliphatic rings. The molecule has 94 valence electrons. The van der Waals surface area contributed by atoms with Crippen molar-refractivity contribution in [2.75, 3.05) is 4.90 Å². The van der Waals surface area contributed by atoms with Crippen LogP contribution < -0.4 is 4.90 Å². The molecule has 0 radical (unpaired) electrons. The zero-order valence-electron chi connectivity index (χ0n) is 10.6. The van der Waals surface area contributed by atoms with Gasteiger partial charge in [0.2, 0.25) is 0 Å². The van der Waals surface area contributed by atoms with E-state index in [-0.39, 0.29) is 5.78 Å². The average Bonchev–Trinajstić information content (AvgIpc) is 2.62. The molecule has 3 rings (SSSR count). The third-order valence-electron chi connectivity index (χ3n) is 4.12. The molecule has 2 unspecified atom stereocenters. The van der Waals surface area contributed by atoms with Gasteiger partial charge in [0.05, 0.1) is 0 Å². The maximum Gasteiger partial charge on any atom is 0.159 e. The van der Waals surface area contributed by atoms with E-state index in [0.717, 1.165) is 24.1 Å². The monoisotopic (exact) mass is 243 g/mol. The highest BCUT2D eigenvalue weighted by Crippen LogP contribution is 2.37. The van der Waals surface area contributed by atoms with E-state index in [4.69, 9.17) is 0 Å². The summed E-state index contributed by atoms with van der Waals surface area (Å²) in [5.74, 6) is 0.498. The third-order valence-corrected chi connectivity index (χ3v) is 4.12. The number of carbonyl (C=O) groups excluding carboxylic acids is 2. The van der Waals surface area contributed by atoms with E-state index in [1.54, 1.807) is 6.92 Å². The number of hydrogen-bond donors (Lipinski definition) is 0. The first-order valence-corrected chi connectivity index (χ1v) is 6.56. The summed E-state index contributed by atoms with van der Waals surface area (Å²) >= 11 is 0. The van der Waals surface area contributed by atoms with Gasteiger partial charge in [0.25, 0.3) is 0 Å². The van der Waals surface area contributed by atoms with Crippen LogP contribution in [0, 0.1) is 0 Å². The minimum absolute atomic E-state index is 0.0957. The quantitative estimate of drug-likeness (QED) is 0.749. The molecule has 1 aromatic carbocycles. The van der Waals surface area contributed by atoms with Crippen molar-refractivity contribution in [1.29, 1.82) is 0 Å². The van der Waals surface area contributed by atoms with E-state index in [1.165, 1.54) is 0 Å². The number of rotatable bonds is 2. The molecule has 2 fully saturated rings. The first kappa shape index (κ1) is 11.5. The maximum absolute atomic E-state index is 11.6. The molecule has 0 aliphatic carbocycles. The topological polar surface area (TPSA) is 37.4 Å². The lowest BCUT2D eigenvalue weighted by molar-refractivity contribution is -0.120. The smallest absolute Gasteiger partial charge is 0.159 e. The van der Waals surface area contributed by atoms with Crippen molar-refractivity contribution in [2.45, 2.75) is 44.7 Å². The Morgan fingerprint density at radius 2 is 1.67 bits per heavy atom. The number of benzene rings is 1. The Hall–Kier alpha value is -1.64. The molecule has 3 nitrogen and oxygen atoms in total. The largest absolute Gasteiger partial charge is 0.365 e. The zero-order chi connectivity index (χ0) is 12.7. The number of Topliss-reactive ketones (excluding diaryl/α,β-unsaturated/α-hetero) is 2. The van der Waals surface area contributed by atoms with Crippen molar-refractivity contribution in [2.24, 2.45) is 0 Å². The van der Waals surface area contributed by atoms with Gasteiger partial charge in [-0.1, -0.05) is 0 Å². The van der Waals surface area contributed by atoms with Crippen LogP contribution >= 0.6 is 0 Å². The molecule has 0 spiro atoms. The summed E-state index contributed by atoms with van der Waals surface area (Å²) in [4.78, 5) is 25.2. The van der Waals surface area contributed by atoms with Crippen LogP contribution in [0.2, 0.25) is 0 Å². The van der Waals surface area contributed by atoms with Crippen LogP contribution in [0.4, 0.5) is 5.69 Å². The summed E-state index contributed by atoms with van der Waals surface area (Å²) < 4.78 is 0. The van der Waals surface area contributed by atoms with E-state index in [2.05, 4.69) is 4.90 Å². The van der Waals surface area contributed by atoms with E-state index in [9.17, 15) is 9.59 Å². The van der Waals surface area contributed by atoms with E-state index in [1.807, 2.05) is 24.3 Å². The summed E-state index contributed by atoms with van der Waals surface area (Å²) in [6.07, 6.45) is 3.60. The second-order valence-electron chi connectivity index (χ2n) is 5.34. The van der Waals surface area contributed by atoms with Gasteiger partial charge in [0.1, 0.15) is 5.78 Å². The molecule has 2 bridgehead atoms. The highest BCUT2D eigenvalue weighted by atomic mass is 16.1. The summed E-state index contributed by atoms with van der Waals surface area (Å²) in [6.45, 7) is 1.58. The molecular weight excluding hydrogens is 226 g/mol. The van der Waals surface area contributed by atoms with Crippen molar-refractivity contribution >= 4 is 17.3 Å². The Kier molecular flexibility index (Phi) is 2.69. The van der Waals surface area contributed by atoms with Crippen LogP contribution in [-0.4, -0.2) is 23.7 Å². The Morgan fingerprint density at radius 1 is 1.11 bits per heavy atom. The predicted octanol–water partition coefficient (Wildman–Crippen LogP) is 2.59.